The molecule has 0 bridgehead atoms. The van der Waals surface area contributed by atoms with E-state index in [2.05, 4.69) is 10.0 Å². The lowest BCUT2D eigenvalue weighted by atomic mass is 10.2. The molecule has 0 saturated carbocycles. The van der Waals surface area contributed by atoms with Crippen molar-refractivity contribution in [1.29, 1.82) is 0 Å². The number of amides is 2. The second-order valence-corrected chi connectivity index (χ2v) is 3.52. The Hall–Kier alpha value is -1.16. The van der Waals surface area contributed by atoms with Gasteiger partial charge in [-0.1, -0.05) is 30.3 Å². The fraction of sp³-hybridized carbons (Fsp3) is 0.300. The highest BCUT2D eigenvalue weighted by atomic mass is 32.2. The Morgan fingerprint density at radius 3 is 2.71 bits per heavy atom. The summed E-state index contributed by atoms with van der Waals surface area (Å²) >= 11 is 1.39. The van der Waals surface area contributed by atoms with Crippen LogP contribution in [0.25, 0.3) is 0 Å². The van der Waals surface area contributed by atoms with E-state index in [1.807, 2.05) is 37.3 Å². The Balaban J connectivity index is 2.19. The van der Waals surface area contributed by atoms with E-state index in [1.165, 1.54) is 17.5 Å². The number of urea groups is 1. The van der Waals surface area contributed by atoms with Gasteiger partial charge in [-0.25, -0.2) is 4.79 Å². The zero-order chi connectivity index (χ0) is 10.2. The molecular weight excluding hydrogens is 196 g/mol. The van der Waals surface area contributed by atoms with Crippen LogP contribution in [0.4, 0.5) is 4.79 Å². The molecule has 0 spiro atoms. The number of hydrogen-bond acceptors (Lipinski definition) is 2. The van der Waals surface area contributed by atoms with Gasteiger partial charge in [0, 0.05) is 12.3 Å². The highest BCUT2D eigenvalue weighted by Crippen LogP contribution is 2.07. The highest BCUT2D eigenvalue weighted by Gasteiger charge is 1.97. The lowest BCUT2D eigenvalue weighted by Crippen LogP contribution is -2.30. The molecule has 2 N–H and O–H groups in total. The van der Waals surface area contributed by atoms with E-state index < -0.39 is 0 Å². The standard InChI is InChI=1S/C10H14N2OS/c1-2-11-10(13)12-14-8-9-6-4-3-5-7-9/h3-7H,2,8H2,1H3,(H2,11,12,13). The molecule has 1 aromatic rings. The molecule has 0 aromatic heterocycles. The molecule has 0 fully saturated rings. The molecule has 1 aromatic carbocycles. The van der Waals surface area contributed by atoms with Crippen molar-refractivity contribution in [2.24, 2.45) is 0 Å². The van der Waals surface area contributed by atoms with Gasteiger partial charge in [0.2, 0.25) is 0 Å². The first kappa shape index (κ1) is 10.9. The molecule has 0 aliphatic carbocycles. The van der Waals surface area contributed by atoms with Crippen LogP contribution < -0.4 is 10.0 Å². The van der Waals surface area contributed by atoms with Gasteiger partial charge < -0.3 is 5.32 Å². The minimum absolute atomic E-state index is 0.131. The Kier molecular flexibility index (Phi) is 4.93. The van der Waals surface area contributed by atoms with Crippen LogP contribution >= 0.6 is 11.9 Å². The lowest BCUT2D eigenvalue weighted by molar-refractivity contribution is 0.247. The van der Waals surface area contributed by atoms with Crippen molar-refractivity contribution in [2.75, 3.05) is 6.54 Å². The first-order valence-electron chi connectivity index (χ1n) is 4.52. The lowest BCUT2D eigenvalue weighted by Gasteiger charge is -2.04. The van der Waals surface area contributed by atoms with Crippen LogP contribution in [0.5, 0.6) is 0 Å². The Labute approximate surface area is 88.4 Å². The molecule has 0 atom stereocenters. The molecule has 0 heterocycles. The molecule has 4 heteroatoms. The summed E-state index contributed by atoms with van der Waals surface area (Å²) < 4.78 is 2.70. The van der Waals surface area contributed by atoms with Crippen LogP contribution in [0.15, 0.2) is 30.3 Å². The number of hydrogen-bond donors (Lipinski definition) is 2. The van der Waals surface area contributed by atoms with Crippen LogP contribution in [-0.2, 0) is 5.75 Å². The van der Waals surface area contributed by atoms with Crippen molar-refractivity contribution >= 4 is 18.0 Å². The monoisotopic (exact) mass is 210 g/mol. The van der Waals surface area contributed by atoms with Gasteiger partial charge in [0.15, 0.2) is 0 Å². The quantitative estimate of drug-likeness (QED) is 0.748. The first-order valence-corrected chi connectivity index (χ1v) is 5.51. The predicted octanol–water partition coefficient (Wildman–Crippen LogP) is 2.15. The second kappa shape index (κ2) is 6.32. The zero-order valence-corrected chi connectivity index (χ0v) is 8.93. The van der Waals surface area contributed by atoms with Crippen molar-refractivity contribution in [3.8, 4) is 0 Å². The van der Waals surface area contributed by atoms with Gasteiger partial charge in [-0.3, -0.25) is 4.72 Å². The number of carbonyl (C=O) groups is 1. The molecule has 0 aliphatic heterocycles. The van der Waals surface area contributed by atoms with E-state index in [0.717, 1.165) is 5.75 Å². The fourth-order valence-corrected chi connectivity index (χ4v) is 1.59. The third-order valence-corrected chi connectivity index (χ3v) is 2.39. The molecule has 1 rings (SSSR count). The van der Waals surface area contributed by atoms with Gasteiger partial charge in [-0.15, -0.1) is 0 Å². The zero-order valence-electron chi connectivity index (χ0n) is 8.12. The minimum Gasteiger partial charge on any atom is -0.338 e. The molecule has 0 saturated heterocycles. The summed E-state index contributed by atoms with van der Waals surface area (Å²) in [6.07, 6.45) is 0. The van der Waals surface area contributed by atoms with E-state index in [4.69, 9.17) is 0 Å². The first-order chi connectivity index (χ1) is 6.83. The van der Waals surface area contributed by atoms with Gasteiger partial charge in [0.1, 0.15) is 0 Å². The minimum atomic E-state index is -0.131. The van der Waals surface area contributed by atoms with Crippen LogP contribution in [0.2, 0.25) is 0 Å². The van der Waals surface area contributed by atoms with Gasteiger partial charge in [-0.05, 0) is 24.4 Å². The maximum atomic E-state index is 11.0. The van der Waals surface area contributed by atoms with E-state index >= 15 is 0 Å². The second-order valence-electron chi connectivity index (χ2n) is 2.74. The van der Waals surface area contributed by atoms with Gasteiger partial charge in [0.25, 0.3) is 0 Å². The van der Waals surface area contributed by atoms with Crippen LogP contribution in [0.3, 0.4) is 0 Å². The van der Waals surface area contributed by atoms with Crippen molar-refractivity contribution in [1.82, 2.24) is 10.0 Å². The van der Waals surface area contributed by atoms with Gasteiger partial charge in [0.05, 0.1) is 0 Å². The van der Waals surface area contributed by atoms with Crippen LogP contribution in [-0.4, -0.2) is 12.6 Å². The van der Waals surface area contributed by atoms with Gasteiger partial charge >= 0.3 is 6.03 Å². The summed E-state index contributed by atoms with van der Waals surface area (Å²) in [6.45, 7) is 2.54. The Morgan fingerprint density at radius 2 is 2.07 bits per heavy atom. The molecule has 0 unspecified atom stereocenters. The molecular formula is C10H14N2OS. The summed E-state index contributed by atoms with van der Waals surface area (Å²) in [5.74, 6) is 0.790. The smallest absolute Gasteiger partial charge is 0.324 e. The number of nitrogens with one attached hydrogen (secondary N) is 2. The third-order valence-electron chi connectivity index (χ3n) is 1.58. The predicted molar refractivity (Wildman–Crippen MR) is 59.9 cm³/mol. The van der Waals surface area contributed by atoms with E-state index in [9.17, 15) is 4.79 Å². The molecule has 0 radical (unpaired) electrons. The largest absolute Gasteiger partial charge is 0.338 e. The third kappa shape index (κ3) is 4.18. The average molecular weight is 210 g/mol. The highest BCUT2D eigenvalue weighted by molar-refractivity contribution is 7.97. The van der Waals surface area contributed by atoms with Crippen LogP contribution in [0.1, 0.15) is 12.5 Å². The molecule has 14 heavy (non-hydrogen) atoms. The number of rotatable bonds is 4. The summed E-state index contributed by atoms with van der Waals surface area (Å²) in [7, 11) is 0. The summed E-state index contributed by atoms with van der Waals surface area (Å²) in [6, 6.07) is 9.89. The average Bonchev–Trinajstić information content (AvgIpc) is 2.20. The van der Waals surface area contributed by atoms with E-state index in [0.29, 0.717) is 6.54 Å². The van der Waals surface area contributed by atoms with E-state index in [-0.39, 0.29) is 6.03 Å². The maximum absolute atomic E-state index is 11.0. The fourth-order valence-electron chi connectivity index (χ4n) is 0.956. The molecule has 2 amide bonds. The summed E-state index contributed by atoms with van der Waals surface area (Å²) in [5, 5.41) is 2.66. The molecule has 3 nitrogen and oxygen atoms in total. The SMILES string of the molecule is CCNC(=O)NSCc1ccccc1. The van der Waals surface area contributed by atoms with Crippen molar-refractivity contribution in [3.63, 3.8) is 0 Å². The van der Waals surface area contributed by atoms with Gasteiger partial charge in [-0.2, -0.15) is 0 Å². The summed E-state index contributed by atoms with van der Waals surface area (Å²) in [4.78, 5) is 11.0. The van der Waals surface area contributed by atoms with Crippen molar-refractivity contribution < 1.29 is 4.79 Å². The normalized spacial score (nSPS) is 9.50. The maximum Gasteiger partial charge on any atom is 0.324 e. The van der Waals surface area contributed by atoms with Crippen molar-refractivity contribution in [3.05, 3.63) is 35.9 Å². The van der Waals surface area contributed by atoms with Crippen molar-refractivity contribution in [2.45, 2.75) is 12.7 Å². The summed E-state index contributed by atoms with van der Waals surface area (Å²) in [5.41, 5.74) is 1.20. The van der Waals surface area contributed by atoms with Crippen LogP contribution in [0, 0.1) is 0 Å². The number of benzene rings is 1. The topological polar surface area (TPSA) is 41.1 Å². The molecule has 76 valence electrons. The Bertz CT molecular complexity index is 277. The molecule has 0 aliphatic rings. The number of carbonyl (C=O) groups excluding carboxylic acids is 1. The van der Waals surface area contributed by atoms with E-state index in [1.54, 1.807) is 0 Å². The Morgan fingerprint density at radius 1 is 1.36 bits per heavy atom.